The molecule has 25 heavy (non-hydrogen) atoms. The number of hydrogen-bond acceptors (Lipinski definition) is 4. The maximum atomic E-state index is 12.3. The quantitative estimate of drug-likeness (QED) is 0.867. The van der Waals surface area contributed by atoms with Crippen molar-refractivity contribution in [2.75, 3.05) is 19.6 Å². The Hall–Kier alpha value is -1.10. The predicted molar refractivity (Wildman–Crippen MR) is 98.6 cm³/mol. The lowest BCUT2D eigenvalue weighted by Crippen LogP contribution is -2.67. The maximum absolute atomic E-state index is 12.3. The van der Waals surface area contributed by atoms with Crippen LogP contribution in [0.1, 0.15) is 51.0 Å². The van der Waals surface area contributed by atoms with Gasteiger partial charge in [0.25, 0.3) is 0 Å². The van der Waals surface area contributed by atoms with Gasteiger partial charge in [-0.15, -0.1) is 12.4 Å². The van der Waals surface area contributed by atoms with Crippen molar-refractivity contribution in [2.24, 2.45) is 5.92 Å². The summed E-state index contributed by atoms with van der Waals surface area (Å²) in [5.74, 6) is -1.58. The number of aliphatic carboxylic acids is 1. The van der Waals surface area contributed by atoms with Gasteiger partial charge in [-0.2, -0.15) is 0 Å². The summed E-state index contributed by atoms with van der Waals surface area (Å²) in [6.45, 7) is 4.59. The zero-order valence-electron chi connectivity index (χ0n) is 14.9. The van der Waals surface area contributed by atoms with Gasteiger partial charge in [0.15, 0.2) is 0 Å². The molecule has 0 aromatic heterocycles. The fraction of sp³-hybridized carbons (Fsp3) is 0.650. The van der Waals surface area contributed by atoms with Crippen molar-refractivity contribution in [3.8, 4) is 0 Å². The molecule has 4 nitrogen and oxygen atoms in total. The highest BCUT2D eigenvalue weighted by molar-refractivity contribution is 5.85. The molecule has 1 heterocycles. The van der Waals surface area contributed by atoms with Crippen LogP contribution in [-0.2, 0) is 10.2 Å². The maximum Gasteiger partial charge on any atom is 0.117 e. The average molecular weight is 367 g/mol. The van der Waals surface area contributed by atoms with E-state index in [1.54, 1.807) is 0 Å². The van der Waals surface area contributed by atoms with Gasteiger partial charge in [0.2, 0.25) is 0 Å². The Balaban J connectivity index is 0.00000225. The molecule has 1 aromatic rings. The van der Waals surface area contributed by atoms with Crippen LogP contribution >= 0.6 is 12.4 Å². The number of carboxylic acids is 1. The summed E-state index contributed by atoms with van der Waals surface area (Å²) in [5.41, 5.74) is -1.59. The first-order valence-corrected chi connectivity index (χ1v) is 9.26. The summed E-state index contributed by atoms with van der Waals surface area (Å²) in [6.07, 6.45) is 5.01. The van der Waals surface area contributed by atoms with Crippen LogP contribution in [-0.4, -0.2) is 41.2 Å². The minimum atomic E-state index is -1.81. The SMILES string of the molecule is CCN1CCCC(C(O)(C(=O)[O-])C2(c3ccccc3)CCCC2)C1.Cl. The van der Waals surface area contributed by atoms with E-state index in [9.17, 15) is 15.0 Å². The highest BCUT2D eigenvalue weighted by Crippen LogP contribution is 2.52. The Morgan fingerprint density at radius 3 is 2.48 bits per heavy atom. The van der Waals surface area contributed by atoms with Crippen LogP contribution in [0.4, 0.5) is 0 Å². The smallest absolute Gasteiger partial charge is 0.117 e. The highest BCUT2D eigenvalue weighted by Gasteiger charge is 2.57. The van der Waals surface area contributed by atoms with Gasteiger partial charge in [0.05, 0.1) is 5.97 Å². The normalized spacial score (nSPS) is 25.8. The van der Waals surface area contributed by atoms with Crippen molar-refractivity contribution in [3.05, 3.63) is 35.9 Å². The van der Waals surface area contributed by atoms with Gasteiger partial charge in [-0.05, 0) is 44.3 Å². The Morgan fingerprint density at radius 2 is 1.92 bits per heavy atom. The van der Waals surface area contributed by atoms with E-state index < -0.39 is 17.0 Å². The van der Waals surface area contributed by atoms with E-state index in [1.807, 2.05) is 30.3 Å². The highest BCUT2D eigenvalue weighted by atomic mass is 35.5. The molecule has 0 radical (unpaired) electrons. The molecule has 140 valence electrons. The summed E-state index contributed by atoms with van der Waals surface area (Å²) >= 11 is 0. The second kappa shape index (κ2) is 8.07. The minimum absolute atomic E-state index is 0. The Kier molecular flexibility index (Phi) is 6.52. The second-order valence-electron chi connectivity index (χ2n) is 7.44. The fourth-order valence-corrected chi connectivity index (χ4v) is 5.06. The van der Waals surface area contributed by atoms with Gasteiger partial charge in [0.1, 0.15) is 5.60 Å². The second-order valence-corrected chi connectivity index (χ2v) is 7.44. The number of likely N-dealkylation sites (tertiary alicyclic amines) is 1. The molecule has 0 spiro atoms. The van der Waals surface area contributed by atoms with Crippen molar-refractivity contribution in [3.63, 3.8) is 0 Å². The molecule has 1 aromatic carbocycles. The molecule has 5 heteroatoms. The van der Waals surface area contributed by atoms with E-state index in [1.165, 1.54) is 0 Å². The summed E-state index contributed by atoms with van der Waals surface area (Å²) < 4.78 is 0. The van der Waals surface area contributed by atoms with E-state index in [2.05, 4.69) is 11.8 Å². The largest absolute Gasteiger partial charge is 0.547 e. The first-order valence-electron chi connectivity index (χ1n) is 9.26. The zero-order valence-corrected chi connectivity index (χ0v) is 15.8. The lowest BCUT2D eigenvalue weighted by Gasteiger charge is -2.53. The number of carboxylic acid groups (broad SMARTS) is 1. The summed E-state index contributed by atoms with van der Waals surface area (Å²) in [4.78, 5) is 14.5. The number of nitrogens with zero attached hydrogens (tertiary/aromatic N) is 1. The Morgan fingerprint density at radius 1 is 1.28 bits per heavy atom. The predicted octanol–water partition coefficient (Wildman–Crippen LogP) is 2.13. The van der Waals surface area contributed by atoms with E-state index in [4.69, 9.17) is 0 Å². The van der Waals surface area contributed by atoms with Crippen LogP contribution in [0.3, 0.4) is 0 Å². The van der Waals surface area contributed by atoms with Crippen LogP contribution in [0.25, 0.3) is 0 Å². The molecule has 2 aliphatic rings. The van der Waals surface area contributed by atoms with Gasteiger partial charge in [0, 0.05) is 17.9 Å². The van der Waals surface area contributed by atoms with Crippen molar-refractivity contribution in [1.82, 2.24) is 4.90 Å². The molecule has 3 rings (SSSR count). The monoisotopic (exact) mass is 366 g/mol. The number of hydrogen-bond donors (Lipinski definition) is 1. The van der Waals surface area contributed by atoms with Gasteiger partial charge in [-0.3, -0.25) is 0 Å². The number of piperidine rings is 1. The third kappa shape index (κ3) is 3.32. The van der Waals surface area contributed by atoms with E-state index in [-0.39, 0.29) is 18.3 Å². The van der Waals surface area contributed by atoms with Gasteiger partial charge in [-0.1, -0.05) is 50.1 Å². The number of benzene rings is 1. The summed E-state index contributed by atoms with van der Waals surface area (Å²) in [7, 11) is 0. The molecule has 0 amide bonds. The summed E-state index contributed by atoms with van der Waals surface area (Å²) in [5, 5.41) is 23.9. The van der Waals surface area contributed by atoms with Crippen molar-refractivity contribution in [2.45, 2.75) is 56.5 Å². The van der Waals surface area contributed by atoms with Crippen LogP contribution in [0, 0.1) is 5.92 Å². The van der Waals surface area contributed by atoms with Crippen LogP contribution in [0.15, 0.2) is 30.3 Å². The molecule has 1 aliphatic heterocycles. The van der Waals surface area contributed by atoms with Crippen LogP contribution < -0.4 is 5.11 Å². The molecule has 1 aliphatic carbocycles. The van der Waals surface area contributed by atoms with E-state index >= 15 is 0 Å². The topological polar surface area (TPSA) is 63.6 Å². The third-order valence-corrected chi connectivity index (χ3v) is 6.37. The molecule has 2 atom stereocenters. The molecule has 1 saturated heterocycles. The van der Waals surface area contributed by atoms with Gasteiger partial charge >= 0.3 is 0 Å². The lowest BCUT2D eigenvalue weighted by atomic mass is 9.59. The van der Waals surface area contributed by atoms with Crippen LogP contribution in [0.2, 0.25) is 0 Å². The van der Waals surface area contributed by atoms with Crippen LogP contribution in [0.5, 0.6) is 0 Å². The zero-order chi connectivity index (χ0) is 17.2. The van der Waals surface area contributed by atoms with Crippen molar-refractivity contribution >= 4 is 18.4 Å². The van der Waals surface area contributed by atoms with Gasteiger partial charge in [-0.25, -0.2) is 0 Å². The fourth-order valence-electron chi connectivity index (χ4n) is 5.06. The Labute approximate surface area is 156 Å². The van der Waals surface area contributed by atoms with Crippen molar-refractivity contribution < 1.29 is 15.0 Å². The van der Waals surface area contributed by atoms with Crippen molar-refractivity contribution in [1.29, 1.82) is 0 Å². The molecule has 1 saturated carbocycles. The number of aliphatic hydroxyl groups is 1. The van der Waals surface area contributed by atoms with Gasteiger partial charge < -0.3 is 19.9 Å². The average Bonchev–Trinajstić information content (AvgIpc) is 3.13. The lowest BCUT2D eigenvalue weighted by molar-refractivity contribution is -0.335. The first-order chi connectivity index (χ1) is 11.5. The standard InChI is InChI=1S/C20H29NO3.ClH/c1-2-21-14-8-11-17(15-21)20(24,18(22)23)19(12-6-7-13-19)16-9-4-3-5-10-16;/h3-5,9-10,17,24H,2,6-8,11-15H2,1H3,(H,22,23);1H/p-1. The Bertz CT molecular complexity index is 574. The number of carbonyl (C=O) groups is 1. The number of rotatable bonds is 5. The molecular formula is C20H29ClNO3-. The van der Waals surface area contributed by atoms with E-state index in [0.717, 1.165) is 44.3 Å². The first kappa shape index (κ1) is 20.2. The third-order valence-electron chi connectivity index (χ3n) is 6.37. The minimum Gasteiger partial charge on any atom is -0.547 e. The molecule has 0 bridgehead atoms. The molecule has 2 unspecified atom stereocenters. The molecule has 2 fully saturated rings. The molecular weight excluding hydrogens is 338 g/mol. The number of halogens is 1. The molecule has 1 N–H and O–H groups in total. The number of carbonyl (C=O) groups excluding carboxylic acids is 1. The van der Waals surface area contributed by atoms with E-state index in [0.29, 0.717) is 19.4 Å². The summed E-state index contributed by atoms with van der Waals surface area (Å²) in [6, 6.07) is 9.75.